The van der Waals surface area contributed by atoms with Crippen LogP contribution in [-0.4, -0.2) is 16.7 Å². The highest BCUT2D eigenvalue weighted by Gasteiger charge is 2.36. The molecule has 1 fully saturated rings. The predicted molar refractivity (Wildman–Crippen MR) is 60.0 cm³/mol. The lowest BCUT2D eigenvalue weighted by atomic mass is 9.80. The van der Waals surface area contributed by atoms with E-state index in [0.717, 1.165) is 19.3 Å². The molecule has 1 rings (SSSR count). The molecule has 1 aliphatic carbocycles. The van der Waals surface area contributed by atoms with Crippen LogP contribution in [0.3, 0.4) is 0 Å². The molecule has 0 bridgehead atoms. The second kappa shape index (κ2) is 3.82. The molecular weight excluding hydrogens is 174 g/mol. The van der Waals surface area contributed by atoms with Crippen molar-refractivity contribution in [1.82, 2.24) is 0 Å². The third-order valence-electron chi connectivity index (χ3n) is 3.67. The third-order valence-corrected chi connectivity index (χ3v) is 3.67. The van der Waals surface area contributed by atoms with Crippen LogP contribution in [0.1, 0.15) is 53.4 Å². The van der Waals surface area contributed by atoms with Crippen LogP contribution in [0.5, 0.6) is 0 Å². The minimum atomic E-state index is -0.250. The lowest BCUT2D eigenvalue weighted by Crippen LogP contribution is -2.46. The molecule has 0 radical (unpaired) electrons. The van der Waals surface area contributed by atoms with Gasteiger partial charge in [0.05, 0.1) is 6.10 Å². The standard InChI is InChI=1S/C12H25NO/c1-11(2)7-5-9(12(3,4)13)10(14)6-8-11/h9-10,14H,5-8,13H2,1-4H3. The molecule has 84 valence electrons. The van der Waals surface area contributed by atoms with Gasteiger partial charge >= 0.3 is 0 Å². The number of hydrogen-bond donors (Lipinski definition) is 2. The van der Waals surface area contributed by atoms with Crippen LogP contribution in [0.25, 0.3) is 0 Å². The van der Waals surface area contributed by atoms with Gasteiger partial charge in [-0.15, -0.1) is 0 Å². The summed E-state index contributed by atoms with van der Waals surface area (Å²) in [6.07, 6.45) is 4.03. The minimum absolute atomic E-state index is 0.211. The molecule has 3 N–H and O–H groups in total. The van der Waals surface area contributed by atoms with Gasteiger partial charge in [-0.3, -0.25) is 0 Å². The zero-order chi connectivity index (χ0) is 11.0. The first kappa shape index (κ1) is 12.0. The number of rotatable bonds is 1. The van der Waals surface area contributed by atoms with Crippen LogP contribution in [0.15, 0.2) is 0 Å². The Hall–Kier alpha value is -0.0800. The van der Waals surface area contributed by atoms with Crippen molar-refractivity contribution in [3.05, 3.63) is 0 Å². The first-order valence-corrected chi connectivity index (χ1v) is 5.69. The van der Waals surface area contributed by atoms with Gasteiger partial charge in [0.2, 0.25) is 0 Å². The lowest BCUT2D eigenvalue weighted by Gasteiger charge is -2.33. The van der Waals surface area contributed by atoms with Crippen LogP contribution >= 0.6 is 0 Å². The van der Waals surface area contributed by atoms with Gasteiger partial charge in [0, 0.05) is 11.5 Å². The highest BCUT2D eigenvalue weighted by atomic mass is 16.3. The van der Waals surface area contributed by atoms with E-state index in [-0.39, 0.29) is 17.6 Å². The Morgan fingerprint density at radius 2 is 1.71 bits per heavy atom. The number of nitrogens with two attached hydrogens (primary N) is 1. The first-order chi connectivity index (χ1) is 6.22. The molecule has 0 spiro atoms. The van der Waals surface area contributed by atoms with Crippen molar-refractivity contribution >= 4 is 0 Å². The van der Waals surface area contributed by atoms with Gasteiger partial charge in [-0.25, -0.2) is 0 Å². The Morgan fingerprint density at radius 1 is 1.21 bits per heavy atom. The van der Waals surface area contributed by atoms with Crippen molar-refractivity contribution in [2.24, 2.45) is 17.1 Å². The molecule has 2 unspecified atom stereocenters. The third kappa shape index (κ3) is 2.96. The number of aliphatic hydroxyl groups is 1. The van der Waals surface area contributed by atoms with Gasteiger partial charge in [-0.05, 0) is 44.9 Å². The van der Waals surface area contributed by atoms with Crippen molar-refractivity contribution in [3.63, 3.8) is 0 Å². The summed E-state index contributed by atoms with van der Waals surface area (Å²) in [4.78, 5) is 0. The average Bonchev–Trinajstić information content (AvgIpc) is 2.09. The van der Waals surface area contributed by atoms with Gasteiger partial charge in [-0.2, -0.15) is 0 Å². The van der Waals surface area contributed by atoms with Crippen molar-refractivity contribution in [2.45, 2.75) is 65.0 Å². The maximum Gasteiger partial charge on any atom is 0.0585 e. The highest BCUT2D eigenvalue weighted by molar-refractivity contribution is 4.91. The van der Waals surface area contributed by atoms with Crippen LogP contribution < -0.4 is 5.73 Å². The molecule has 2 atom stereocenters. The van der Waals surface area contributed by atoms with E-state index in [9.17, 15) is 5.11 Å². The van der Waals surface area contributed by atoms with E-state index in [0.29, 0.717) is 5.41 Å². The van der Waals surface area contributed by atoms with E-state index in [2.05, 4.69) is 13.8 Å². The van der Waals surface area contributed by atoms with E-state index < -0.39 is 0 Å². The van der Waals surface area contributed by atoms with Crippen LogP contribution in [0, 0.1) is 11.3 Å². The van der Waals surface area contributed by atoms with Crippen LogP contribution in [0.2, 0.25) is 0 Å². The average molecular weight is 199 g/mol. The maximum atomic E-state index is 10.0. The normalized spacial score (nSPS) is 33.9. The summed E-state index contributed by atoms with van der Waals surface area (Å²) in [6, 6.07) is 0. The summed E-state index contributed by atoms with van der Waals surface area (Å²) >= 11 is 0. The molecule has 14 heavy (non-hydrogen) atoms. The van der Waals surface area contributed by atoms with Gasteiger partial charge in [-0.1, -0.05) is 13.8 Å². The van der Waals surface area contributed by atoms with Crippen LogP contribution in [-0.2, 0) is 0 Å². The smallest absolute Gasteiger partial charge is 0.0585 e. The van der Waals surface area contributed by atoms with Gasteiger partial charge < -0.3 is 10.8 Å². The molecule has 0 aromatic heterocycles. The second-order valence-corrected chi connectivity index (χ2v) is 6.24. The first-order valence-electron chi connectivity index (χ1n) is 5.69. The van der Waals surface area contributed by atoms with E-state index in [1.807, 2.05) is 13.8 Å². The predicted octanol–water partition coefficient (Wildman–Crippen LogP) is 2.30. The fraction of sp³-hybridized carbons (Fsp3) is 1.00. The topological polar surface area (TPSA) is 46.2 Å². The second-order valence-electron chi connectivity index (χ2n) is 6.24. The fourth-order valence-corrected chi connectivity index (χ4v) is 2.47. The molecule has 2 heteroatoms. The molecule has 0 aromatic carbocycles. The Bertz CT molecular complexity index is 193. The van der Waals surface area contributed by atoms with E-state index >= 15 is 0 Å². The van der Waals surface area contributed by atoms with E-state index in [1.54, 1.807) is 0 Å². The molecule has 0 heterocycles. The molecular formula is C12H25NO. The summed E-state index contributed by atoms with van der Waals surface area (Å²) < 4.78 is 0. The zero-order valence-corrected chi connectivity index (χ0v) is 10.0. The zero-order valence-electron chi connectivity index (χ0n) is 10.0. The van der Waals surface area contributed by atoms with Gasteiger partial charge in [0.15, 0.2) is 0 Å². The van der Waals surface area contributed by atoms with E-state index in [4.69, 9.17) is 5.73 Å². The fourth-order valence-electron chi connectivity index (χ4n) is 2.47. The molecule has 0 amide bonds. The summed E-state index contributed by atoms with van der Waals surface area (Å²) in [5, 5.41) is 10.0. The monoisotopic (exact) mass is 199 g/mol. The minimum Gasteiger partial charge on any atom is -0.393 e. The van der Waals surface area contributed by atoms with Crippen molar-refractivity contribution in [1.29, 1.82) is 0 Å². The molecule has 0 aliphatic heterocycles. The number of aliphatic hydroxyl groups excluding tert-OH is 1. The SMILES string of the molecule is CC1(C)CCC(O)C(C(C)(C)N)CC1. The van der Waals surface area contributed by atoms with Gasteiger partial charge in [0.1, 0.15) is 0 Å². The molecule has 1 aliphatic rings. The van der Waals surface area contributed by atoms with Crippen LogP contribution in [0.4, 0.5) is 0 Å². The molecule has 2 nitrogen and oxygen atoms in total. The molecule has 1 saturated carbocycles. The Morgan fingerprint density at radius 3 is 2.21 bits per heavy atom. The maximum absolute atomic E-state index is 10.0. The van der Waals surface area contributed by atoms with Crippen molar-refractivity contribution in [3.8, 4) is 0 Å². The molecule has 0 aromatic rings. The largest absolute Gasteiger partial charge is 0.393 e. The quantitative estimate of drug-likeness (QED) is 0.637. The Balaban J connectivity index is 2.70. The Kier molecular flexibility index (Phi) is 3.27. The van der Waals surface area contributed by atoms with Gasteiger partial charge in [0.25, 0.3) is 0 Å². The van der Waals surface area contributed by atoms with E-state index in [1.165, 1.54) is 6.42 Å². The Labute approximate surface area is 87.9 Å². The number of hydrogen-bond acceptors (Lipinski definition) is 2. The lowest BCUT2D eigenvalue weighted by molar-refractivity contribution is 0.0637. The summed E-state index contributed by atoms with van der Waals surface area (Å²) in [6.45, 7) is 8.62. The molecule has 0 saturated heterocycles. The summed E-state index contributed by atoms with van der Waals surface area (Å²) in [5.41, 5.74) is 6.22. The van der Waals surface area contributed by atoms with Crippen molar-refractivity contribution in [2.75, 3.05) is 0 Å². The summed E-state index contributed by atoms with van der Waals surface area (Å²) in [5.74, 6) is 0.254. The van der Waals surface area contributed by atoms with Crippen molar-refractivity contribution < 1.29 is 5.11 Å². The summed E-state index contributed by atoms with van der Waals surface area (Å²) in [7, 11) is 0. The highest BCUT2D eigenvalue weighted by Crippen LogP contribution is 2.39.